The lowest BCUT2D eigenvalue weighted by Crippen LogP contribution is -2.01. The largest absolute Gasteiger partial charge is 0.0877 e. The molecule has 104 valence electrons. The SMILES string of the molecule is CCCCCC1/C=C\CC(CCCCC)/C=C\C1. The van der Waals surface area contributed by atoms with Crippen LogP contribution in [-0.4, -0.2) is 0 Å². The molecule has 0 aromatic heterocycles. The smallest absolute Gasteiger partial charge is 0.0199 e. The molecule has 0 fully saturated rings. The Bertz CT molecular complexity index is 210. The number of hydrogen-bond acceptors (Lipinski definition) is 0. The summed E-state index contributed by atoms with van der Waals surface area (Å²) in [6.07, 6.45) is 23.5. The van der Waals surface area contributed by atoms with Crippen LogP contribution in [0.1, 0.15) is 78.1 Å². The average Bonchev–Trinajstić information content (AvgIpc) is 2.34. The molecule has 2 atom stereocenters. The van der Waals surface area contributed by atoms with Gasteiger partial charge in [0, 0.05) is 0 Å². The zero-order chi connectivity index (χ0) is 13.1. The Labute approximate surface area is 115 Å². The van der Waals surface area contributed by atoms with Crippen LogP contribution in [-0.2, 0) is 0 Å². The van der Waals surface area contributed by atoms with E-state index >= 15 is 0 Å². The molecular formula is C18H32. The molecule has 0 amide bonds. The van der Waals surface area contributed by atoms with E-state index in [1.165, 1.54) is 64.2 Å². The molecule has 0 aliphatic heterocycles. The van der Waals surface area contributed by atoms with Crippen molar-refractivity contribution >= 4 is 0 Å². The van der Waals surface area contributed by atoms with Crippen molar-refractivity contribution in [1.29, 1.82) is 0 Å². The Hall–Kier alpha value is -0.520. The number of unbranched alkanes of at least 4 members (excludes halogenated alkanes) is 4. The fourth-order valence-corrected chi connectivity index (χ4v) is 2.79. The highest BCUT2D eigenvalue weighted by atomic mass is 14.1. The Kier molecular flexibility index (Phi) is 8.98. The first-order chi connectivity index (χ1) is 8.86. The predicted octanol–water partition coefficient (Wildman–Crippen LogP) is 6.29. The third-order valence-electron chi connectivity index (χ3n) is 4.05. The van der Waals surface area contributed by atoms with Gasteiger partial charge in [-0.1, -0.05) is 76.7 Å². The number of rotatable bonds is 8. The Morgan fingerprint density at radius 1 is 0.722 bits per heavy atom. The maximum Gasteiger partial charge on any atom is -0.0199 e. The van der Waals surface area contributed by atoms with Crippen molar-refractivity contribution in [2.24, 2.45) is 11.8 Å². The van der Waals surface area contributed by atoms with Crippen LogP contribution in [0.3, 0.4) is 0 Å². The molecule has 0 aromatic carbocycles. The van der Waals surface area contributed by atoms with E-state index in [4.69, 9.17) is 0 Å². The topological polar surface area (TPSA) is 0 Å². The van der Waals surface area contributed by atoms with Gasteiger partial charge in [-0.3, -0.25) is 0 Å². The lowest BCUT2D eigenvalue weighted by Gasteiger charge is -2.16. The zero-order valence-corrected chi connectivity index (χ0v) is 12.5. The second-order valence-corrected chi connectivity index (χ2v) is 5.84. The molecular weight excluding hydrogens is 216 g/mol. The molecule has 0 N–H and O–H groups in total. The molecule has 18 heavy (non-hydrogen) atoms. The van der Waals surface area contributed by atoms with Gasteiger partial charge < -0.3 is 0 Å². The van der Waals surface area contributed by atoms with E-state index in [-0.39, 0.29) is 0 Å². The summed E-state index contributed by atoms with van der Waals surface area (Å²) in [6, 6.07) is 0. The van der Waals surface area contributed by atoms with Gasteiger partial charge in [0.25, 0.3) is 0 Å². The van der Waals surface area contributed by atoms with Crippen molar-refractivity contribution in [1.82, 2.24) is 0 Å². The van der Waals surface area contributed by atoms with E-state index in [0.29, 0.717) is 0 Å². The molecule has 0 heterocycles. The fraction of sp³-hybridized carbons (Fsp3) is 0.778. The third kappa shape index (κ3) is 7.03. The fourth-order valence-electron chi connectivity index (χ4n) is 2.79. The second kappa shape index (κ2) is 10.4. The quantitative estimate of drug-likeness (QED) is 0.350. The monoisotopic (exact) mass is 248 g/mol. The van der Waals surface area contributed by atoms with Gasteiger partial charge in [0.2, 0.25) is 0 Å². The first-order valence-electron chi connectivity index (χ1n) is 8.20. The lowest BCUT2D eigenvalue weighted by molar-refractivity contribution is 0.514. The van der Waals surface area contributed by atoms with Crippen molar-refractivity contribution in [2.45, 2.75) is 78.1 Å². The molecule has 0 heteroatoms. The van der Waals surface area contributed by atoms with Crippen molar-refractivity contribution in [3.8, 4) is 0 Å². The summed E-state index contributed by atoms with van der Waals surface area (Å²) in [6.45, 7) is 4.57. The summed E-state index contributed by atoms with van der Waals surface area (Å²) in [5, 5.41) is 0. The average molecular weight is 248 g/mol. The maximum absolute atomic E-state index is 2.49. The van der Waals surface area contributed by atoms with Crippen LogP contribution in [0.4, 0.5) is 0 Å². The molecule has 1 rings (SSSR count). The zero-order valence-electron chi connectivity index (χ0n) is 12.5. The normalized spacial score (nSPS) is 27.4. The minimum absolute atomic E-state index is 0.810. The van der Waals surface area contributed by atoms with Crippen molar-refractivity contribution in [2.75, 3.05) is 0 Å². The van der Waals surface area contributed by atoms with Crippen LogP contribution in [0.2, 0.25) is 0 Å². The van der Waals surface area contributed by atoms with Gasteiger partial charge in [0.1, 0.15) is 0 Å². The van der Waals surface area contributed by atoms with Crippen LogP contribution < -0.4 is 0 Å². The van der Waals surface area contributed by atoms with Crippen LogP contribution in [0.25, 0.3) is 0 Å². The summed E-state index contributed by atoms with van der Waals surface area (Å²) in [7, 11) is 0. The molecule has 1 aliphatic rings. The summed E-state index contributed by atoms with van der Waals surface area (Å²) in [4.78, 5) is 0. The number of hydrogen-bond donors (Lipinski definition) is 0. The molecule has 1 aliphatic carbocycles. The van der Waals surface area contributed by atoms with Crippen molar-refractivity contribution in [3.63, 3.8) is 0 Å². The molecule has 2 unspecified atom stereocenters. The Balaban J connectivity index is 2.24. The van der Waals surface area contributed by atoms with Crippen LogP contribution in [0, 0.1) is 11.8 Å². The highest BCUT2D eigenvalue weighted by Crippen LogP contribution is 2.23. The maximum atomic E-state index is 2.49. The van der Waals surface area contributed by atoms with E-state index in [9.17, 15) is 0 Å². The molecule has 0 radical (unpaired) electrons. The second-order valence-electron chi connectivity index (χ2n) is 5.84. The van der Waals surface area contributed by atoms with Crippen molar-refractivity contribution < 1.29 is 0 Å². The number of allylic oxidation sites excluding steroid dienone is 4. The summed E-state index contributed by atoms with van der Waals surface area (Å²) < 4.78 is 0. The van der Waals surface area contributed by atoms with E-state index in [1.807, 2.05) is 0 Å². The predicted molar refractivity (Wildman–Crippen MR) is 82.8 cm³/mol. The van der Waals surface area contributed by atoms with E-state index < -0.39 is 0 Å². The van der Waals surface area contributed by atoms with Crippen LogP contribution in [0.5, 0.6) is 0 Å². The van der Waals surface area contributed by atoms with Gasteiger partial charge in [-0.2, -0.15) is 0 Å². The highest BCUT2D eigenvalue weighted by molar-refractivity contribution is 5.01. The van der Waals surface area contributed by atoms with E-state index in [2.05, 4.69) is 38.2 Å². The van der Waals surface area contributed by atoms with Gasteiger partial charge in [-0.05, 0) is 37.5 Å². The molecule has 0 saturated heterocycles. The summed E-state index contributed by atoms with van der Waals surface area (Å²) in [5.41, 5.74) is 0. The minimum atomic E-state index is 0.810. The standard InChI is InChI=1S/C18H32/c1-3-5-7-11-17-13-9-15-18(16-10-14-17)12-8-6-4-2/h9-10,13,16-18H,3-8,11-12,14-15H2,1-2H3/b13-9-,16-10-. The van der Waals surface area contributed by atoms with Gasteiger partial charge >= 0.3 is 0 Å². The molecule has 0 nitrogen and oxygen atoms in total. The summed E-state index contributed by atoms with van der Waals surface area (Å²) in [5.74, 6) is 1.62. The molecule has 0 aromatic rings. The Morgan fingerprint density at radius 2 is 1.17 bits per heavy atom. The Morgan fingerprint density at radius 3 is 1.56 bits per heavy atom. The first-order valence-corrected chi connectivity index (χ1v) is 8.20. The lowest BCUT2D eigenvalue weighted by atomic mass is 9.90. The summed E-state index contributed by atoms with van der Waals surface area (Å²) >= 11 is 0. The van der Waals surface area contributed by atoms with Gasteiger partial charge in [0.15, 0.2) is 0 Å². The molecule has 0 bridgehead atoms. The van der Waals surface area contributed by atoms with Crippen LogP contribution >= 0.6 is 0 Å². The first kappa shape index (κ1) is 15.5. The van der Waals surface area contributed by atoms with E-state index in [0.717, 1.165) is 11.8 Å². The third-order valence-corrected chi connectivity index (χ3v) is 4.05. The minimum Gasteiger partial charge on any atom is -0.0877 e. The van der Waals surface area contributed by atoms with Crippen molar-refractivity contribution in [3.05, 3.63) is 24.3 Å². The van der Waals surface area contributed by atoms with Crippen LogP contribution in [0.15, 0.2) is 24.3 Å². The highest BCUT2D eigenvalue weighted by Gasteiger charge is 2.08. The van der Waals surface area contributed by atoms with Gasteiger partial charge in [0.05, 0.1) is 0 Å². The van der Waals surface area contributed by atoms with Gasteiger partial charge in [-0.25, -0.2) is 0 Å². The molecule has 0 saturated carbocycles. The van der Waals surface area contributed by atoms with E-state index in [1.54, 1.807) is 0 Å². The van der Waals surface area contributed by atoms with Gasteiger partial charge in [-0.15, -0.1) is 0 Å². The molecule has 0 spiro atoms.